The summed E-state index contributed by atoms with van der Waals surface area (Å²) in [7, 11) is 1.80. The highest BCUT2D eigenvalue weighted by molar-refractivity contribution is 4.76. The van der Waals surface area contributed by atoms with Crippen molar-refractivity contribution in [3.63, 3.8) is 0 Å². The summed E-state index contributed by atoms with van der Waals surface area (Å²) in [5.41, 5.74) is 0. The van der Waals surface area contributed by atoms with Crippen LogP contribution in [0, 0.1) is 0 Å². The number of rotatable bonds is 4. The van der Waals surface area contributed by atoms with Gasteiger partial charge in [-0.15, -0.1) is 0 Å². The van der Waals surface area contributed by atoms with Gasteiger partial charge in [0.05, 0.1) is 6.10 Å². The van der Waals surface area contributed by atoms with Crippen molar-refractivity contribution in [2.24, 2.45) is 0 Å². The highest BCUT2D eigenvalue weighted by atomic mass is 16.5. The summed E-state index contributed by atoms with van der Waals surface area (Å²) >= 11 is 0. The lowest BCUT2D eigenvalue weighted by Crippen LogP contribution is -2.43. The molecule has 0 saturated carbocycles. The molecule has 2 unspecified atom stereocenters. The predicted octanol–water partition coefficient (Wildman–Crippen LogP) is 2.29. The molecule has 0 N–H and O–H groups in total. The van der Waals surface area contributed by atoms with Crippen LogP contribution in [0.1, 0.15) is 39.5 Å². The standard InChI is InChI=1S/C11H23NO/c1-4-11-7-5-6-8-12(11)9-10(2)13-3/h10-11H,4-9H2,1-3H3. The number of nitrogens with zero attached hydrogens (tertiary/aromatic N) is 1. The summed E-state index contributed by atoms with van der Waals surface area (Å²) in [6.45, 7) is 6.82. The minimum absolute atomic E-state index is 0.382. The quantitative estimate of drug-likeness (QED) is 0.666. The number of hydrogen-bond acceptors (Lipinski definition) is 2. The summed E-state index contributed by atoms with van der Waals surface area (Å²) in [5, 5.41) is 0. The Hall–Kier alpha value is -0.0800. The normalized spacial score (nSPS) is 27.5. The molecule has 2 atom stereocenters. The molecule has 0 amide bonds. The van der Waals surface area contributed by atoms with Crippen molar-refractivity contribution in [1.82, 2.24) is 4.90 Å². The Morgan fingerprint density at radius 2 is 2.23 bits per heavy atom. The fourth-order valence-electron chi connectivity index (χ4n) is 2.17. The lowest BCUT2D eigenvalue weighted by atomic mass is 10.00. The van der Waals surface area contributed by atoms with Crippen LogP contribution in [0.15, 0.2) is 0 Å². The first-order chi connectivity index (χ1) is 6.27. The van der Waals surface area contributed by atoms with Crippen molar-refractivity contribution >= 4 is 0 Å². The largest absolute Gasteiger partial charge is 0.380 e. The van der Waals surface area contributed by atoms with E-state index < -0.39 is 0 Å². The smallest absolute Gasteiger partial charge is 0.0670 e. The van der Waals surface area contributed by atoms with Crippen LogP contribution in [0.4, 0.5) is 0 Å². The molecule has 0 aromatic heterocycles. The second-order valence-electron chi connectivity index (χ2n) is 4.10. The van der Waals surface area contributed by atoms with Crippen molar-refractivity contribution in [1.29, 1.82) is 0 Å². The molecule has 1 aliphatic rings. The molecule has 1 aliphatic heterocycles. The Bertz CT molecular complexity index is 138. The molecular weight excluding hydrogens is 162 g/mol. The predicted molar refractivity (Wildman–Crippen MR) is 56.0 cm³/mol. The number of piperidine rings is 1. The number of hydrogen-bond donors (Lipinski definition) is 0. The number of likely N-dealkylation sites (tertiary alicyclic amines) is 1. The molecule has 0 radical (unpaired) electrons. The van der Waals surface area contributed by atoms with Gasteiger partial charge in [-0.3, -0.25) is 4.90 Å². The maximum Gasteiger partial charge on any atom is 0.0670 e. The molecule has 0 aliphatic carbocycles. The Morgan fingerprint density at radius 3 is 2.85 bits per heavy atom. The van der Waals surface area contributed by atoms with Crippen molar-refractivity contribution in [2.45, 2.75) is 51.7 Å². The summed E-state index contributed by atoms with van der Waals surface area (Å²) in [4.78, 5) is 2.59. The van der Waals surface area contributed by atoms with Gasteiger partial charge < -0.3 is 4.74 Å². The molecular formula is C11H23NO. The summed E-state index contributed by atoms with van der Waals surface area (Å²) in [6.07, 6.45) is 5.83. The molecule has 1 saturated heterocycles. The van der Waals surface area contributed by atoms with Crippen LogP contribution >= 0.6 is 0 Å². The van der Waals surface area contributed by atoms with Crippen molar-refractivity contribution in [3.8, 4) is 0 Å². The van der Waals surface area contributed by atoms with E-state index in [0.29, 0.717) is 6.10 Å². The van der Waals surface area contributed by atoms with E-state index in [2.05, 4.69) is 18.7 Å². The second kappa shape index (κ2) is 5.61. The van der Waals surface area contributed by atoms with Crippen LogP contribution in [-0.4, -0.2) is 37.2 Å². The Kier molecular flexibility index (Phi) is 4.74. The van der Waals surface area contributed by atoms with Gasteiger partial charge in [-0.05, 0) is 32.7 Å². The summed E-state index contributed by atoms with van der Waals surface area (Å²) < 4.78 is 5.30. The summed E-state index contributed by atoms with van der Waals surface area (Å²) in [5.74, 6) is 0. The van der Waals surface area contributed by atoms with Gasteiger partial charge >= 0.3 is 0 Å². The monoisotopic (exact) mass is 185 g/mol. The average Bonchev–Trinajstić information content (AvgIpc) is 2.18. The van der Waals surface area contributed by atoms with Gasteiger partial charge in [-0.2, -0.15) is 0 Å². The molecule has 0 bridgehead atoms. The maximum absolute atomic E-state index is 5.30. The van der Waals surface area contributed by atoms with Crippen LogP contribution in [0.3, 0.4) is 0 Å². The van der Waals surface area contributed by atoms with Gasteiger partial charge in [0.2, 0.25) is 0 Å². The lowest BCUT2D eigenvalue weighted by Gasteiger charge is -2.36. The minimum atomic E-state index is 0.382. The first-order valence-electron chi connectivity index (χ1n) is 5.54. The summed E-state index contributed by atoms with van der Waals surface area (Å²) in [6, 6.07) is 0.811. The Morgan fingerprint density at radius 1 is 1.46 bits per heavy atom. The molecule has 78 valence electrons. The van der Waals surface area contributed by atoms with E-state index in [1.165, 1.54) is 32.2 Å². The van der Waals surface area contributed by atoms with E-state index in [-0.39, 0.29) is 0 Å². The van der Waals surface area contributed by atoms with E-state index in [0.717, 1.165) is 12.6 Å². The zero-order chi connectivity index (χ0) is 9.68. The van der Waals surface area contributed by atoms with Crippen molar-refractivity contribution < 1.29 is 4.74 Å². The van der Waals surface area contributed by atoms with E-state index in [1.807, 2.05) is 0 Å². The first kappa shape index (κ1) is 11.0. The van der Waals surface area contributed by atoms with Crippen LogP contribution in [0.25, 0.3) is 0 Å². The SMILES string of the molecule is CCC1CCCCN1CC(C)OC. The van der Waals surface area contributed by atoms with E-state index in [4.69, 9.17) is 4.74 Å². The van der Waals surface area contributed by atoms with Gasteiger partial charge in [0, 0.05) is 19.7 Å². The van der Waals surface area contributed by atoms with E-state index in [9.17, 15) is 0 Å². The van der Waals surface area contributed by atoms with Crippen LogP contribution in [0.5, 0.6) is 0 Å². The van der Waals surface area contributed by atoms with Crippen molar-refractivity contribution in [2.75, 3.05) is 20.2 Å². The molecule has 2 nitrogen and oxygen atoms in total. The third kappa shape index (κ3) is 3.28. The zero-order valence-electron chi connectivity index (χ0n) is 9.25. The third-order valence-electron chi connectivity index (χ3n) is 3.11. The van der Waals surface area contributed by atoms with Gasteiger partial charge in [-0.25, -0.2) is 0 Å². The fourth-order valence-corrected chi connectivity index (χ4v) is 2.17. The molecule has 0 spiro atoms. The topological polar surface area (TPSA) is 12.5 Å². The van der Waals surface area contributed by atoms with Crippen molar-refractivity contribution in [3.05, 3.63) is 0 Å². The van der Waals surface area contributed by atoms with E-state index >= 15 is 0 Å². The van der Waals surface area contributed by atoms with E-state index in [1.54, 1.807) is 7.11 Å². The molecule has 2 heteroatoms. The first-order valence-corrected chi connectivity index (χ1v) is 5.54. The van der Waals surface area contributed by atoms with Gasteiger partial charge in [-0.1, -0.05) is 13.3 Å². The van der Waals surface area contributed by atoms with Gasteiger partial charge in [0.15, 0.2) is 0 Å². The number of ether oxygens (including phenoxy) is 1. The van der Waals surface area contributed by atoms with Gasteiger partial charge in [0.25, 0.3) is 0 Å². The Balaban J connectivity index is 2.35. The number of methoxy groups -OCH3 is 1. The third-order valence-corrected chi connectivity index (χ3v) is 3.11. The lowest BCUT2D eigenvalue weighted by molar-refractivity contribution is 0.0453. The highest BCUT2D eigenvalue weighted by Crippen LogP contribution is 2.19. The van der Waals surface area contributed by atoms with Crippen LogP contribution < -0.4 is 0 Å². The maximum atomic E-state index is 5.30. The highest BCUT2D eigenvalue weighted by Gasteiger charge is 2.21. The zero-order valence-corrected chi connectivity index (χ0v) is 9.25. The van der Waals surface area contributed by atoms with Gasteiger partial charge in [0.1, 0.15) is 0 Å². The molecule has 1 fully saturated rings. The molecule has 1 heterocycles. The fraction of sp³-hybridized carbons (Fsp3) is 1.00. The molecule has 0 aromatic rings. The average molecular weight is 185 g/mol. The molecule has 1 rings (SSSR count). The molecule has 0 aromatic carbocycles. The minimum Gasteiger partial charge on any atom is -0.380 e. The van der Waals surface area contributed by atoms with Crippen LogP contribution in [-0.2, 0) is 4.74 Å². The Labute approximate surface area is 82.3 Å². The molecule has 13 heavy (non-hydrogen) atoms. The van der Waals surface area contributed by atoms with Crippen LogP contribution in [0.2, 0.25) is 0 Å². The second-order valence-corrected chi connectivity index (χ2v) is 4.10.